The summed E-state index contributed by atoms with van der Waals surface area (Å²) < 4.78 is 0. The van der Waals surface area contributed by atoms with Crippen LogP contribution < -0.4 is 11.1 Å². The van der Waals surface area contributed by atoms with Crippen molar-refractivity contribution in [2.75, 3.05) is 6.54 Å². The van der Waals surface area contributed by atoms with E-state index in [-0.39, 0.29) is 11.8 Å². The Morgan fingerprint density at radius 1 is 1.40 bits per heavy atom. The van der Waals surface area contributed by atoms with Gasteiger partial charge in [-0.05, 0) is 43.2 Å². The van der Waals surface area contributed by atoms with Gasteiger partial charge in [0, 0.05) is 10.8 Å². The molecule has 0 saturated heterocycles. The van der Waals surface area contributed by atoms with Crippen LogP contribution in [0.25, 0.3) is 0 Å². The molecule has 1 aromatic rings. The Balaban J connectivity index is 1.51. The monoisotopic (exact) mass is 288 g/mol. The van der Waals surface area contributed by atoms with Crippen molar-refractivity contribution < 1.29 is 4.79 Å². The molecule has 2 saturated carbocycles. The summed E-state index contributed by atoms with van der Waals surface area (Å²) in [6.07, 6.45) is 4.97. The topological polar surface area (TPSA) is 55.1 Å². The van der Waals surface area contributed by atoms with Crippen molar-refractivity contribution in [3.63, 3.8) is 0 Å². The van der Waals surface area contributed by atoms with E-state index >= 15 is 0 Å². The van der Waals surface area contributed by atoms with Gasteiger partial charge in [-0.25, -0.2) is 0 Å². The Bertz CT molecular complexity index is 554. The van der Waals surface area contributed by atoms with Crippen LogP contribution in [-0.2, 0) is 11.3 Å². The van der Waals surface area contributed by atoms with Crippen molar-refractivity contribution in [1.29, 1.82) is 0 Å². The van der Waals surface area contributed by atoms with Gasteiger partial charge in [0.15, 0.2) is 0 Å². The highest BCUT2D eigenvalue weighted by atomic mass is 32.1. The molecule has 2 bridgehead atoms. The van der Waals surface area contributed by atoms with Crippen molar-refractivity contribution >= 4 is 17.2 Å². The molecular weight excluding hydrogens is 268 g/mol. The lowest BCUT2D eigenvalue weighted by molar-refractivity contribution is -0.126. The third-order valence-electron chi connectivity index (χ3n) is 4.49. The van der Waals surface area contributed by atoms with E-state index < -0.39 is 0 Å². The highest BCUT2D eigenvalue weighted by molar-refractivity contribution is 7.12. The number of carbonyl (C=O) groups is 1. The molecule has 3 atom stereocenters. The molecule has 3 nitrogen and oxygen atoms in total. The Hall–Kier alpha value is -1.31. The highest BCUT2D eigenvalue weighted by Crippen LogP contribution is 2.48. The molecule has 0 aromatic carbocycles. The minimum absolute atomic E-state index is 0.250. The molecule has 2 aliphatic rings. The Kier molecular flexibility index (Phi) is 4.09. The first-order valence-electron chi connectivity index (χ1n) is 7.31. The Morgan fingerprint density at radius 2 is 2.30 bits per heavy atom. The van der Waals surface area contributed by atoms with E-state index in [0.717, 1.165) is 22.1 Å². The second kappa shape index (κ2) is 5.99. The standard InChI is InChI=1S/C16H20N2OS/c17-7-1-2-13-5-6-14(20-13)10-18-16(19)15-9-11-3-4-12(15)8-11/h5-6,11-12,15H,3-4,7-10,17H2,(H,18,19). The second-order valence-corrected chi connectivity index (χ2v) is 6.94. The van der Waals surface area contributed by atoms with Crippen LogP contribution in [0.2, 0.25) is 0 Å². The van der Waals surface area contributed by atoms with Crippen LogP contribution >= 0.6 is 11.3 Å². The molecule has 0 radical (unpaired) electrons. The molecule has 4 heteroatoms. The number of nitrogens with one attached hydrogen (secondary N) is 1. The fraction of sp³-hybridized carbons (Fsp3) is 0.562. The molecule has 3 rings (SSSR count). The number of nitrogens with two attached hydrogens (primary N) is 1. The third-order valence-corrected chi connectivity index (χ3v) is 5.49. The van der Waals surface area contributed by atoms with Crippen LogP contribution in [0.4, 0.5) is 0 Å². The van der Waals surface area contributed by atoms with E-state index in [0.29, 0.717) is 19.0 Å². The molecule has 3 N–H and O–H groups in total. The van der Waals surface area contributed by atoms with Crippen LogP contribution in [-0.4, -0.2) is 12.5 Å². The summed E-state index contributed by atoms with van der Waals surface area (Å²) >= 11 is 1.63. The van der Waals surface area contributed by atoms with Crippen LogP contribution in [0.15, 0.2) is 12.1 Å². The van der Waals surface area contributed by atoms with E-state index in [1.165, 1.54) is 19.3 Å². The van der Waals surface area contributed by atoms with Gasteiger partial charge in [-0.2, -0.15) is 0 Å². The molecule has 106 valence electrons. The number of amides is 1. The minimum atomic E-state index is 0.250. The van der Waals surface area contributed by atoms with Crippen LogP contribution in [0.1, 0.15) is 35.4 Å². The molecule has 1 aromatic heterocycles. The summed E-state index contributed by atoms with van der Waals surface area (Å²) in [5.41, 5.74) is 5.36. The van der Waals surface area contributed by atoms with E-state index in [2.05, 4.69) is 17.2 Å². The molecule has 2 fully saturated rings. The largest absolute Gasteiger partial charge is 0.351 e. The summed E-state index contributed by atoms with van der Waals surface area (Å²) in [7, 11) is 0. The molecule has 0 aliphatic heterocycles. The van der Waals surface area contributed by atoms with Gasteiger partial charge in [-0.1, -0.05) is 18.3 Å². The zero-order chi connectivity index (χ0) is 13.9. The lowest BCUT2D eigenvalue weighted by Crippen LogP contribution is -2.33. The summed E-state index contributed by atoms with van der Waals surface area (Å²) in [4.78, 5) is 14.4. The van der Waals surface area contributed by atoms with Gasteiger partial charge >= 0.3 is 0 Å². The molecule has 1 amide bonds. The summed E-state index contributed by atoms with van der Waals surface area (Å²) in [6.45, 7) is 1.01. The molecule has 1 heterocycles. The number of rotatable bonds is 3. The average molecular weight is 288 g/mol. The van der Waals surface area contributed by atoms with Gasteiger partial charge in [0.25, 0.3) is 0 Å². The van der Waals surface area contributed by atoms with E-state index in [9.17, 15) is 4.79 Å². The second-order valence-electron chi connectivity index (χ2n) is 5.77. The summed E-state index contributed by atoms with van der Waals surface area (Å²) in [5, 5.41) is 3.09. The van der Waals surface area contributed by atoms with Gasteiger partial charge in [-0.15, -0.1) is 11.3 Å². The van der Waals surface area contributed by atoms with Crippen molar-refractivity contribution in [2.45, 2.75) is 32.2 Å². The first-order valence-corrected chi connectivity index (χ1v) is 8.13. The van der Waals surface area contributed by atoms with Crippen molar-refractivity contribution in [3.8, 4) is 11.8 Å². The van der Waals surface area contributed by atoms with E-state index in [4.69, 9.17) is 5.73 Å². The first-order chi connectivity index (χ1) is 9.76. The van der Waals surface area contributed by atoms with Gasteiger partial charge in [0.05, 0.1) is 18.0 Å². The average Bonchev–Trinajstić information content (AvgIpc) is 3.18. The fourth-order valence-corrected chi connectivity index (χ4v) is 4.37. The zero-order valence-corrected chi connectivity index (χ0v) is 12.3. The molecule has 0 spiro atoms. The van der Waals surface area contributed by atoms with Crippen LogP contribution in [0.5, 0.6) is 0 Å². The molecule has 3 unspecified atom stereocenters. The number of hydrogen-bond donors (Lipinski definition) is 2. The minimum Gasteiger partial charge on any atom is -0.351 e. The Morgan fingerprint density at radius 3 is 3.00 bits per heavy atom. The number of thiophene rings is 1. The van der Waals surface area contributed by atoms with Crippen LogP contribution in [0, 0.1) is 29.6 Å². The maximum Gasteiger partial charge on any atom is 0.223 e. The smallest absolute Gasteiger partial charge is 0.223 e. The lowest BCUT2D eigenvalue weighted by Gasteiger charge is -2.20. The maximum absolute atomic E-state index is 12.2. The van der Waals surface area contributed by atoms with Gasteiger partial charge in [0.1, 0.15) is 0 Å². The van der Waals surface area contributed by atoms with E-state index in [1.54, 1.807) is 11.3 Å². The predicted molar refractivity (Wildman–Crippen MR) is 81.0 cm³/mol. The number of hydrogen-bond acceptors (Lipinski definition) is 3. The SMILES string of the molecule is NCC#Cc1ccc(CNC(=O)C2CC3CCC2C3)s1. The molecular formula is C16H20N2OS. The zero-order valence-electron chi connectivity index (χ0n) is 11.5. The molecule has 20 heavy (non-hydrogen) atoms. The predicted octanol–water partition coefficient (Wildman–Crippen LogP) is 2.11. The normalized spacial score (nSPS) is 27.1. The van der Waals surface area contributed by atoms with Gasteiger partial charge in [-0.3, -0.25) is 4.79 Å². The number of carbonyl (C=O) groups excluding carboxylic acids is 1. The fourth-order valence-electron chi connectivity index (χ4n) is 3.55. The van der Waals surface area contributed by atoms with Gasteiger partial charge < -0.3 is 11.1 Å². The van der Waals surface area contributed by atoms with Gasteiger partial charge in [0.2, 0.25) is 5.91 Å². The first kappa shape index (κ1) is 13.7. The Labute approximate surface area is 123 Å². The van der Waals surface area contributed by atoms with Crippen molar-refractivity contribution in [1.82, 2.24) is 5.32 Å². The summed E-state index contributed by atoms with van der Waals surface area (Å²) in [5.74, 6) is 7.85. The maximum atomic E-state index is 12.2. The quantitative estimate of drug-likeness (QED) is 0.837. The third kappa shape index (κ3) is 2.89. The number of fused-ring (bicyclic) bond motifs is 2. The summed E-state index contributed by atoms with van der Waals surface area (Å²) in [6, 6.07) is 4.03. The van der Waals surface area contributed by atoms with Crippen molar-refractivity contribution in [2.24, 2.45) is 23.5 Å². The van der Waals surface area contributed by atoms with Crippen molar-refractivity contribution in [3.05, 3.63) is 21.9 Å². The van der Waals surface area contributed by atoms with E-state index in [1.807, 2.05) is 12.1 Å². The highest BCUT2D eigenvalue weighted by Gasteiger charge is 2.42. The van der Waals surface area contributed by atoms with Crippen LogP contribution in [0.3, 0.4) is 0 Å². The molecule has 2 aliphatic carbocycles. The lowest BCUT2D eigenvalue weighted by atomic mass is 9.88.